The maximum atomic E-state index is 12.0. The van der Waals surface area contributed by atoms with Gasteiger partial charge in [0.2, 0.25) is 0 Å². The highest BCUT2D eigenvalue weighted by Gasteiger charge is 2.46. The summed E-state index contributed by atoms with van der Waals surface area (Å²) in [5, 5.41) is 33.7. The van der Waals surface area contributed by atoms with Gasteiger partial charge in [-0.1, -0.05) is 0 Å². The summed E-state index contributed by atoms with van der Waals surface area (Å²) in [7, 11) is 0. The molecule has 0 aliphatic carbocycles. The van der Waals surface area contributed by atoms with E-state index in [1.807, 2.05) is 0 Å². The van der Waals surface area contributed by atoms with Crippen molar-refractivity contribution in [1.82, 2.24) is 5.32 Å². The Kier molecular flexibility index (Phi) is 4.07. The number of nitro groups is 1. The summed E-state index contributed by atoms with van der Waals surface area (Å²) in [6.07, 6.45) is 1.77. The number of hydrogen-bond donors (Lipinski definition) is 3. The van der Waals surface area contributed by atoms with E-state index in [-0.39, 0.29) is 17.9 Å². The van der Waals surface area contributed by atoms with Crippen molar-refractivity contribution in [3.05, 3.63) is 33.9 Å². The lowest BCUT2D eigenvalue weighted by Gasteiger charge is -2.20. The van der Waals surface area contributed by atoms with Crippen LogP contribution in [0.1, 0.15) is 25.8 Å². The Labute approximate surface area is 148 Å². The van der Waals surface area contributed by atoms with Gasteiger partial charge in [-0.2, -0.15) is 5.10 Å². The lowest BCUT2D eigenvalue weighted by Crippen LogP contribution is -2.37. The number of carbonyl (C=O) groups excluding carboxylic acids is 1. The average molecular weight is 359 g/mol. The van der Waals surface area contributed by atoms with Crippen molar-refractivity contribution in [1.29, 1.82) is 0 Å². The fraction of sp³-hybridized carbons (Fsp3) is 0.375. The van der Waals surface area contributed by atoms with E-state index < -0.39 is 27.8 Å². The van der Waals surface area contributed by atoms with E-state index >= 15 is 0 Å². The number of carboxylic acids is 1. The van der Waals surface area contributed by atoms with Crippen LogP contribution in [0.3, 0.4) is 0 Å². The first-order valence-corrected chi connectivity index (χ1v) is 7.84. The third kappa shape index (κ3) is 3.06. The molecule has 3 rings (SSSR count). The van der Waals surface area contributed by atoms with E-state index in [2.05, 4.69) is 20.8 Å². The third-order valence-electron chi connectivity index (χ3n) is 4.59. The minimum atomic E-state index is -0.911. The normalized spacial score (nSPS) is 29.2. The van der Waals surface area contributed by atoms with E-state index in [4.69, 9.17) is 0 Å². The number of rotatable bonds is 4. The predicted molar refractivity (Wildman–Crippen MR) is 93.5 cm³/mol. The van der Waals surface area contributed by atoms with Crippen LogP contribution in [-0.2, 0) is 9.59 Å². The number of anilines is 1. The summed E-state index contributed by atoms with van der Waals surface area (Å²) in [6.45, 7) is 3.72. The van der Waals surface area contributed by atoms with E-state index in [0.717, 1.165) is 0 Å². The summed E-state index contributed by atoms with van der Waals surface area (Å²) in [5.41, 5.74) is -1.04. The Morgan fingerprint density at radius 1 is 1.42 bits per heavy atom. The molecule has 2 atom stereocenters. The summed E-state index contributed by atoms with van der Waals surface area (Å²) in [4.78, 5) is 33.7. The van der Waals surface area contributed by atoms with E-state index in [1.165, 1.54) is 24.4 Å². The number of carboxylic acid groups (broad SMARTS) is 1. The molecule has 1 aromatic rings. The van der Waals surface area contributed by atoms with Crippen molar-refractivity contribution in [2.24, 2.45) is 15.6 Å². The first kappa shape index (κ1) is 17.7. The molecule has 1 saturated heterocycles. The molecule has 1 fully saturated rings. The van der Waals surface area contributed by atoms with E-state index in [1.54, 1.807) is 13.8 Å². The van der Waals surface area contributed by atoms with Crippen LogP contribution >= 0.6 is 0 Å². The fourth-order valence-corrected chi connectivity index (χ4v) is 3.14. The molecule has 0 saturated carbocycles. The minimum absolute atomic E-state index is 0.0254. The topological polar surface area (TPSA) is 146 Å². The summed E-state index contributed by atoms with van der Waals surface area (Å²) in [6, 6.07) is 4.00. The Balaban J connectivity index is 1.85. The van der Waals surface area contributed by atoms with Crippen molar-refractivity contribution in [2.75, 3.05) is 11.9 Å². The highest BCUT2D eigenvalue weighted by atomic mass is 16.6. The largest absolute Gasteiger partial charge is 0.481 e. The molecular formula is C16H17N5O5. The molecule has 1 aromatic carbocycles. The zero-order valence-electron chi connectivity index (χ0n) is 14.1. The van der Waals surface area contributed by atoms with Gasteiger partial charge in [0, 0.05) is 30.5 Å². The fourth-order valence-electron chi connectivity index (χ4n) is 3.14. The lowest BCUT2D eigenvalue weighted by atomic mass is 9.84. The van der Waals surface area contributed by atoms with Crippen LogP contribution in [0.2, 0.25) is 0 Å². The van der Waals surface area contributed by atoms with Gasteiger partial charge < -0.3 is 15.7 Å². The second-order valence-electron chi connectivity index (χ2n) is 6.95. The number of amides is 1. The summed E-state index contributed by atoms with van der Waals surface area (Å²) in [5.74, 6) is -1.40. The Morgan fingerprint density at radius 3 is 2.77 bits per heavy atom. The first-order chi connectivity index (χ1) is 12.1. The molecule has 2 aliphatic rings. The van der Waals surface area contributed by atoms with Crippen LogP contribution in [0, 0.1) is 15.5 Å². The second-order valence-corrected chi connectivity index (χ2v) is 6.95. The smallest absolute Gasteiger partial charge is 0.310 e. The third-order valence-corrected chi connectivity index (χ3v) is 4.59. The Morgan fingerprint density at radius 2 is 2.15 bits per heavy atom. The highest BCUT2D eigenvalue weighted by molar-refractivity contribution is 6.53. The van der Waals surface area contributed by atoms with Crippen molar-refractivity contribution >= 4 is 35.2 Å². The van der Waals surface area contributed by atoms with Crippen LogP contribution in [0.4, 0.5) is 11.4 Å². The molecule has 2 aliphatic heterocycles. The molecule has 2 heterocycles. The number of benzene rings is 1. The molecule has 0 bridgehead atoms. The van der Waals surface area contributed by atoms with Crippen LogP contribution in [0.25, 0.3) is 0 Å². The highest BCUT2D eigenvalue weighted by Crippen LogP contribution is 2.34. The summed E-state index contributed by atoms with van der Waals surface area (Å²) < 4.78 is 0. The van der Waals surface area contributed by atoms with E-state index in [0.29, 0.717) is 17.7 Å². The van der Waals surface area contributed by atoms with Gasteiger partial charge in [0.15, 0.2) is 5.71 Å². The maximum absolute atomic E-state index is 12.0. The zero-order chi connectivity index (χ0) is 19.1. The lowest BCUT2D eigenvalue weighted by molar-refractivity contribution is -0.384. The van der Waals surface area contributed by atoms with Gasteiger partial charge in [-0.3, -0.25) is 19.7 Å². The van der Waals surface area contributed by atoms with Gasteiger partial charge >= 0.3 is 5.97 Å². The molecule has 26 heavy (non-hydrogen) atoms. The number of fused-ring (bicyclic) bond motifs is 1. The minimum Gasteiger partial charge on any atom is -0.481 e. The second kappa shape index (κ2) is 5.99. The van der Waals surface area contributed by atoms with E-state index in [9.17, 15) is 24.8 Å². The number of non-ortho nitro benzene ring substituents is 1. The number of hydrogen-bond acceptors (Lipinski definition) is 7. The van der Waals surface area contributed by atoms with Gasteiger partial charge in [0.1, 0.15) is 0 Å². The van der Waals surface area contributed by atoms with Crippen molar-refractivity contribution in [3.8, 4) is 0 Å². The Bertz CT molecular complexity index is 880. The maximum Gasteiger partial charge on any atom is 0.310 e. The summed E-state index contributed by atoms with van der Waals surface area (Å²) >= 11 is 0. The molecular weight excluding hydrogens is 342 g/mol. The van der Waals surface area contributed by atoms with Crippen LogP contribution in [0.5, 0.6) is 0 Å². The molecule has 10 nitrogen and oxygen atoms in total. The standard InChI is InChI=1S/C16H17N5O5/c1-15(14(23)24)6-16(2,17-7-15)8-18-20-12-10-5-9(21(25)26)3-4-11(10)19-13(12)22/h3-5,8,17H,6-7H2,1-2H3,(H,23,24)(H,19,20,22). The molecule has 2 unspecified atom stereocenters. The molecule has 136 valence electrons. The molecule has 1 amide bonds. The van der Waals surface area contributed by atoms with Gasteiger partial charge in [0.05, 0.1) is 21.6 Å². The molecule has 0 aromatic heterocycles. The quantitative estimate of drug-likeness (QED) is 0.418. The molecule has 0 spiro atoms. The SMILES string of the molecule is CC1(C=NN=C2C(=O)Nc3ccc([N+](=O)[O-])cc32)CC(C)(C(=O)O)CN1. The number of nitrogens with zero attached hydrogens (tertiary/aromatic N) is 3. The van der Waals surface area contributed by atoms with Crippen LogP contribution in [-0.4, -0.2) is 45.9 Å². The number of nitrogens with one attached hydrogen (secondary N) is 2. The van der Waals surface area contributed by atoms with Gasteiger partial charge in [-0.15, -0.1) is 5.10 Å². The van der Waals surface area contributed by atoms with Crippen molar-refractivity contribution in [2.45, 2.75) is 25.8 Å². The molecule has 3 N–H and O–H groups in total. The van der Waals surface area contributed by atoms with Crippen molar-refractivity contribution in [3.63, 3.8) is 0 Å². The van der Waals surface area contributed by atoms with Crippen LogP contribution in [0.15, 0.2) is 28.4 Å². The zero-order valence-corrected chi connectivity index (χ0v) is 14.1. The van der Waals surface area contributed by atoms with Crippen molar-refractivity contribution < 1.29 is 19.6 Å². The van der Waals surface area contributed by atoms with Gasteiger partial charge in [-0.25, -0.2) is 0 Å². The predicted octanol–water partition coefficient (Wildman–Crippen LogP) is 1.16. The first-order valence-electron chi connectivity index (χ1n) is 7.84. The Hall–Kier alpha value is -3.14. The molecule has 0 radical (unpaired) electrons. The average Bonchev–Trinajstić information content (AvgIpc) is 3.05. The van der Waals surface area contributed by atoms with Gasteiger partial charge in [0.25, 0.3) is 11.6 Å². The van der Waals surface area contributed by atoms with Gasteiger partial charge in [-0.05, 0) is 26.3 Å². The number of carbonyl (C=O) groups is 2. The number of aliphatic carboxylic acids is 1. The van der Waals surface area contributed by atoms with Crippen LogP contribution < -0.4 is 10.6 Å². The molecule has 10 heteroatoms. The monoisotopic (exact) mass is 359 g/mol. The number of nitro benzene ring substituents is 1.